The molecule has 1 aromatic heterocycles. The van der Waals surface area contributed by atoms with E-state index in [1.165, 1.54) is 36.4 Å². The maximum absolute atomic E-state index is 13.9. The van der Waals surface area contributed by atoms with E-state index in [1.54, 1.807) is 4.90 Å². The highest BCUT2D eigenvalue weighted by Gasteiger charge is 2.37. The monoisotopic (exact) mass is 466 g/mol. The fraction of sp³-hybridized carbons (Fsp3) is 0.333. The predicted octanol–water partition coefficient (Wildman–Crippen LogP) is 4.45. The Morgan fingerprint density at radius 1 is 1.09 bits per heavy atom. The molecule has 7 nitrogen and oxygen atoms in total. The molecular formula is C21H21F3N4O3S. The number of aromatic nitrogens is 2. The molecule has 1 fully saturated rings. The van der Waals surface area contributed by atoms with E-state index in [0.29, 0.717) is 12.1 Å². The summed E-state index contributed by atoms with van der Waals surface area (Å²) in [4.78, 5) is 5.90. The van der Waals surface area contributed by atoms with Gasteiger partial charge in [-0.25, -0.2) is 13.6 Å². The molecule has 0 aliphatic carbocycles. The summed E-state index contributed by atoms with van der Waals surface area (Å²) >= 11 is 0. The Morgan fingerprint density at radius 3 is 2.41 bits per heavy atom. The van der Waals surface area contributed by atoms with E-state index in [-0.39, 0.29) is 33.9 Å². The SMILES string of the molecule is CC1CCCCN1c1ccc(-c2nc(-c3ccc(S(N)(=O)=O)cc3)no2)cc1C(F)(F)F. The van der Waals surface area contributed by atoms with E-state index in [1.807, 2.05) is 6.92 Å². The number of nitrogens with zero attached hydrogens (tertiary/aromatic N) is 3. The maximum atomic E-state index is 13.9. The molecule has 0 spiro atoms. The van der Waals surface area contributed by atoms with Gasteiger partial charge < -0.3 is 9.42 Å². The minimum absolute atomic E-state index is 0.0195. The zero-order valence-electron chi connectivity index (χ0n) is 17.1. The van der Waals surface area contributed by atoms with Crippen LogP contribution in [0, 0.1) is 0 Å². The summed E-state index contributed by atoms with van der Waals surface area (Å²) in [5, 5.41) is 8.89. The largest absolute Gasteiger partial charge is 0.418 e. The summed E-state index contributed by atoms with van der Waals surface area (Å²) < 4.78 is 69.6. The predicted molar refractivity (Wildman–Crippen MR) is 112 cm³/mol. The van der Waals surface area contributed by atoms with E-state index in [2.05, 4.69) is 10.1 Å². The number of benzene rings is 2. The van der Waals surface area contributed by atoms with E-state index >= 15 is 0 Å². The molecule has 1 atom stereocenters. The van der Waals surface area contributed by atoms with Gasteiger partial charge in [0.2, 0.25) is 15.8 Å². The average Bonchev–Trinajstić information content (AvgIpc) is 3.23. The van der Waals surface area contributed by atoms with Crippen LogP contribution in [0.5, 0.6) is 0 Å². The number of hydrogen-bond acceptors (Lipinski definition) is 6. The van der Waals surface area contributed by atoms with Gasteiger partial charge in [-0.15, -0.1) is 0 Å². The zero-order valence-corrected chi connectivity index (χ0v) is 17.9. The third kappa shape index (κ3) is 4.49. The normalized spacial score (nSPS) is 17.5. The molecular weight excluding hydrogens is 445 g/mol. The number of halogens is 3. The summed E-state index contributed by atoms with van der Waals surface area (Å²) in [5.41, 5.74) is -0.0272. The van der Waals surface area contributed by atoms with E-state index in [9.17, 15) is 21.6 Å². The Balaban J connectivity index is 1.68. The number of alkyl halides is 3. The van der Waals surface area contributed by atoms with Crippen LogP contribution in [-0.4, -0.2) is 31.1 Å². The molecule has 4 rings (SSSR count). The van der Waals surface area contributed by atoms with Crippen LogP contribution in [0.4, 0.5) is 18.9 Å². The zero-order chi connectivity index (χ0) is 23.1. The van der Waals surface area contributed by atoms with Crippen molar-refractivity contribution < 1.29 is 26.1 Å². The standard InChI is InChI=1S/C21H21F3N4O3S/c1-13-4-2-3-11-28(13)18-10-7-15(12-17(18)21(22,23)24)20-26-19(27-31-20)14-5-8-16(9-6-14)32(25,29)30/h5-10,12-13H,2-4,11H2,1H3,(H2,25,29,30). The first-order valence-corrected chi connectivity index (χ1v) is 11.5. The molecule has 0 bridgehead atoms. The number of hydrogen-bond donors (Lipinski definition) is 1. The van der Waals surface area contributed by atoms with Crippen molar-refractivity contribution in [1.29, 1.82) is 0 Å². The third-order valence-electron chi connectivity index (χ3n) is 5.53. The Hall–Kier alpha value is -2.92. The highest BCUT2D eigenvalue weighted by Crippen LogP contribution is 2.41. The lowest BCUT2D eigenvalue weighted by Crippen LogP contribution is -2.38. The molecule has 2 aromatic carbocycles. The lowest BCUT2D eigenvalue weighted by molar-refractivity contribution is -0.137. The second kappa shape index (κ2) is 8.21. The molecule has 1 saturated heterocycles. The lowest BCUT2D eigenvalue weighted by Gasteiger charge is -2.37. The fourth-order valence-electron chi connectivity index (χ4n) is 3.85. The highest BCUT2D eigenvalue weighted by molar-refractivity contribution is 7.89. The molecule has 170 valence electrons. The molecule has 0 saturated carbocycles. The molecule has 3 aromatic rings. The maximum Gasteiger partial charge on any atom is 0.418 e. The van der Waals surface area contributed by atoms with Gasteiger partial charge in [0.25, 0.3) is 5.89 Å². The molecule has 1 unspecified atom stereocenters. The van der Waals surface area contributed by atoms with Crippen molar-refractivity contribution in [3.8, 4) is 22.8 Å². The summed E-state index contributed by atoms with van der Waals surface area (Å²) in [6.07, 6.45) is -1.86. The summed E-state index contributed by atoms with van der Waals surface area (Å²) in [6.45, 7) is 2.50. The van der Waals surface area contributed by atoms with E-state index < -0.39 is 21.8 Å². The Kier molecular flexibility index (Phi) is 5.72. The van der Waals surface area contributed by atoms with Gasteiger partial charge in [0.1, 0.15) is 0 Å². The van der Waals surface area contributed by atoms with Crippen LogP contribution in [-0.2, 0) is 16.2 Å². The fourth-order valence-corrected chi connectivity index (χ4v) is 4.37. The van der Waals surface area contributed by atoms with Crippen molar-refractivity contribution in [2.24, 2.45) is 5.14 Å². The van der Waals surface area contributed by atoms with Gasteiger partial charge in [0.15, 0.2) is 0 Å². The van der Waals surface area contributed by atoms with Gasteiger partial charge in [0, 0.05) is 29.4 Å². The van der Waals surface area contributed by atoms with Crippen molar-refractivity contribution in [2.45, 2.75) is 43.3 Å². The first-order chi connectivity index (χ1) is 15.0. The van der Waals surface area contributed by atoms with Gasteiger partial charge in [0.05, 0.1) is 10.5 Å². The molecule has 0 radical (unpaired) electrons. The van der Waals surface area contributed by atoms with Gasteiger partial charge in [-0.3, -0.25) is 0 Å². The van der Waals surface area contributed by atoms with Crippen molar-refractivity contribution in [3.05, 3.63) is 48.0 Å². The van der Waals surface area contributed by atoms with Crippen molar-refractivity contribution >= 4 is 15.7 Å². The summed E-state index contributed by atoms with van der Waals surface area (Å²) in [6, 6.07) is 9.49. The Morgan fingerprint density at radius 2 is 1.78 bits per heavy atom. The highest BCUT2D eigenvalue weighted by atomic mass is 32.2. The lowest BCUT2D eigenvalue weighted by atomic mass is 9.99. The van der Waals surface area contributed by atoms with Gasteiger partial charge in [-0.1, -0.05) is 5.16 Å². The Bertz CT molecular complexity index is 1220. The Labute approximate surface area is 183 Å². The van der Waals surface area contributed by atoms with Crippen LogP contribution in [0.2, 0.25) is 0 Å². The number of sulfonamides is 1. The van der Waals surface area contributed by atoms with E-state index in [4.69, 9.17) is 9.66 Å². The van der Waals surface area contributed by atoms with E-state index in [0.717, 1.165) is 25.3 Å². The number of anilines is 1. The van der Waals surface area contributed by atoms with Gasteiger partial charge in [-0.2, -0.15) is 18.2 Å². The first-order valence-electron chi connectivity index (χ1n) is 9.99. The summed E-state index contributed by atoms with van der Waals surface area (Å²) in [7, 11) is -3.85. The van der Waals surface area contributed by atoms with Crippen LogP contribution in [0.3, 0.4) is 0 Å². The minimum Gasteiger partial charge on any atom is -0.368 e. The molecule has 2 N–H and O–H groups in total. The second-order valence-corrected chi connectivity index (χ2v) is 9.32. The molecule has 2 heterocycles. The van der Waals surface area contributed by atoms with Crippen molar-refractivity contribution in [2.75, 3.05) is 11.4 Å². The smallest absolute Gasteiger partial charge is 0.368 e. The average molecular weight is 466 g/mol. The number of piperidine rings is 1. The first kappa shape index (κ1) is 22.3. The molecule has 1 aliphatic rings. The van der Waals surface area contributed by atoms with Crippen LogP contribution < -0.4 is 10.0 Å². The number of nitrogens with two attached hydrogens (primary N) is 1. The van der Waals surface area contributed by atoms with Crippen LogP contribution in [0.25, 0.3) is 22.8 Å². The molecule has 1 aliphatic heterocycles. The number of rotatable bonds is 4. The molecule has 0 amide bonds. The van der Waals surface area contributed by atoms with Crippen molar-refractivity contribution in [1.82, 2.24) is 10.1 Å². The van der Waals surface area contributed by atoms with Gasteiger partial charge >= 0.3 is 6.18 Å². The third-order valence-corrected chi connectivity index (χ3v) is 6.46. The van der Waals surface area contributed by atoms with Crippen molar-refractivity contribution in [3.63, 3.8) is 0 Å². The van der Waals surface area contributed by atoms with Gasteiger partial charge in [-0.05, 0) is 68.7 Å². The van der Waals surface area contributed by atoms with Crippen LogP contribution in [0.15, 0.2) is 51.9 Å². The minimum atomic E-state index is -4.55. The topological polar surface area (TPSA) is 102 Å². The second-order valence-electron chi connectivity index (χ2n) is 7.76. The van der Waals surface area contributed by atoms with Crippen LogP contribution in [0.1, 0.15) is 31.7 Å². The molecule has 32 heavy (non-hydrogen) atoms. The number of primary sulfonamides is 1. The quantitative estimate of drug-likeness (QED) is 0.610. The van der Waals surface area contributed by atoms with Crippen LogP contribution >= 0.6 is 0 Å². The summed E-state index contributed by atoms with van der Waals surface area (Å²) in [5.74, 6) is 0.0440. The molecule has 11 heteroatoms.